The van der Waals surface area contributed by atoms with Crippen molar-refractivity contribution in [2.75, 3.05) is 0 Å². The van der Waals surface area contributed by atoms with Crippen LogP contribution in [0.15, 0.2) is 45.2 Å². The van der Waals surface area contributed by atoms with Gasteiger partial charge in [-0.05, 0) is 40.2 Å². The Morgan fingerprint density at radius 2 is 2.10 bits per heavy atom. The summed E-state index contributed by atoms with van der Waals surface area (Å²) in [4.78, 5) is 17.7. The van der Waals surface area contributed by atoms with Gasteiger partial charge in [0.1, 0.15) is 0 Å². The third kappa shape index (κ3) is 2.86. The smallest absolute Gasteiger partial charge is 0.289 e. The van der Waals surface area contributed by atoms with Crippen molar-refractivity contribution in [2.24, 2.45) is 4.99 Å². The second-order valence-electron chi connectivity index (χ2n) is 4.16. The number of para-hydroxylation sites is 1. The first-order valence-electron chi connectivity index (χ1n) is 6.05. The average molecular weight is 377 g/mol. The third-order valence-electron chi connectivity index (χ3n) is 2.82. The number of thiophene rings is 1. The van der Waals surface area contributed by atoms with Crippen LogP contribution in [0.25, 0.3) is 10.2 Å². The van der Waals surface area contributed by atoms with Gasteiger partial charge in [-0.3, -0.25) is 4.79 Å². The largest absolute Gasteiger partial charge is 0.305 e. The van der Waals surface area contributed by atoms with E-state index in [0.29, 0.717) is 16.2 Å². The number of amides is 1. The zero-order valence-corrected chi connectivity index (χ0v) is 14.0. The van der Waals surface area contributed by atoms with E-state index in [1.807, 2.05) is 34.9 Å². The molecule has 0 bridgehead atoms. The molecular formula is C15H9BrN2OS2. The fourth-order valence-corrected chi connectivity index (χ4v) is 4.22. The molecule has 0 N–H and O–H groups in total. The summed E-state index contributed by atoms with van der Waals surface area (Å²) in [7, 11) is 0. The van der Waals surface area contributed by atoms with Gasteiger partial charge >= 0.3 is 0 Å². The van der Waals surface area contributed by atoms with Gasteiger partial charge in [0, 0.05) is 0 Å². The summed E-state index contributed by atoms with van der Waals surface area (Å²) in [6.45, 7) is 0.393. The number of terminal acetylenes is 1. The fourth-order valence-electron chi connectivity index (χ4n) is 1.92. The number of hydrogen-bond acceptors (Lipinski definition) is 3. The lowest BCUT2D eigenvalue weighted by Crippen LogP contribution is -2.16. The minimum absolute atomic E-state index is 0.247. The maximum Gasteiger partial charge on any atom is 0.289 e. The number of carbonyl (C=O) groups excluding carboxylic acids is 1. The molecule has 3 nitrogen and oxygen atoms in total. The van der Waals surface area contributed by atoms with Crippen molar-refractivity contribution in [3.63, 3.8) is 0 Å². The Balaban J connectivity index is 2.15. The van der Waals surface area contributed by atoms with Crippen LogP contribution in [-0.4, -0.2) is 10.5 Å². The van der Waals surface area contributed by atoms with Gasteiger partial charge in [-0.25, -0.2) is 0 Å². The van der Waals surface area contributed by atoms with Crippen LogP contribution < -0.4 is 4.80 Å². The van der Waals surface area contributed by atoms with Gasteiger partial charge in [0.15, 0.2) is 4.80 Å². The number of halogens is 1. The molecule has 0 radical (unpaired) electrons. The van der Waals surface area contributed by atoms with E-state index in [0.717, 1.165) is 14.0 Å². The number of thiazole rings is 1. The Morgan fingerprint density at radius 1 is 1.29 bits per heavy atom. The minimum Gasteiger partial charge on any atom is -0.305 e. The van der Waals surface area contributed by atoms with Crippen LogP contribution in [0.3, 0.4) is 0 Å². The first-order chi connectivity index (χ1) is 10.2. The SMILES string of the molecule is C#CCn1c(=NC(=O)c2ccc(Br)s2)sc2ccccc21. The van der Waals surface area contributed by atoms with Crippen LogP contribution in [0, 0.1) is 12.3 Å². The molecule has 1 aromatic carbocycles. The lowest BCUT2D eigenvalue weighted by atomic mass is 10.3. The topological polar surface area (TPSA) is 34.4 Å². The second-order valence-corrected chi connectivity index (χ2v) is 7.64. The molecular weight excluding hydrogens is 368 g/mol. The number of benzene rings is 1. The number of hydrogen-bond donors (Lipinski definition) is 0. The van der Waals surface area contributed by atoms with E-state index in [1.54, 1.807) is 6.07 Å². The standard InChI is InChI=1S/C15H9BrN2OS2/c1-2-9-18-10-5-3-4-6-11(10)21-15(18)17-14(19)12-7-8-13(16)20-12/h1,3-8H,9H2. The molecule has 21 heavy (non-hydrogen) atoms. The zero-order valence-electron chi connectivity index (χ0n) is 10.7. The van der Waals surface area contributed by atoms with Crippen LogP contribution >= 0.6 is 38.6 Å². The molecule has 1 amide bonds. The normalized spacial score (nSPS) is 11.7. The molecule has 0 unspecified atom stereocenters. The van der Waals surface area contributed by atoms with Gasteiger partial charge in [0.05, 0.1) is 25.4 Å². The third-order valence-corrected chi connectivity index (χ3v) is 5.49. The van der Waals surface area contributed by atoms with E-state index in [2.05, 4.69) is 26.8 Å². The Morgan fingerprint density at radius 3 is 2.81 bits per heavy atom. The maximum atomic E-state index is 12.2. The number of fused-ring (bicyclic) bond motifs is 1. The van der Waals surface area contributed by atoms with Gasteiger partial charge in [-0.1, -0.05) is 29.4 Å². The Hall–Kier alpha value is -1.68. The summed E-state index contributed by atoms with van der Waals surface area (Å²) in [5, 5.41) is 0. The molecule has 0 aliphatic heterocycles. The molecule has 0 spiro atoms. The highest BCUT2D eigenvalue weighted by molar-refractivity contribution is 9.11. The summed E-state index contributed by atoms with van der Waals surface area (Å²) in [5.74, 6) is 2.37. The molecule has 0 aliphatic carbocycles. The van der Waals surface area contributed by atoms with Crippen molar-refractivity contribution >= 4 is 54.7 Å². The van der Waals surface area contributed by atoms with E-state index in [-0.39, 0.29) is 5.91 Å². The summed E-state index contributed by atoms with van der Waals surface area (Å²) >= 11 is 6.18. The quantitative estimate of drug-likeness (QED) is 0.624. The van der Waals surface area contributed by atoms with Crippen molar-refractivity contribution in [3.8, 4) is 12.3 Å². The van der Waals surface area contributed by atoms with E-state index < -0.39 is 0 Å². The van der Waals surface area contributed by atoms with E-state index in [9.17, 15) is 4.79 Å². The van der Waals surface area contributed by atoms with Gasteiger partial charge in [-0.2, -0.15) is 4.99 Å². The van der Waals surface area contributed by atoms with Gasteiger partial charge in [-0.15, -0.1) is 17.8 Å². The Labute approximate surface area is 137 Å². The van der Waals surface area contributed by atoms with Crippen molar-refractivity contribution in [1.82, 2.24) is 4.57 Å². The highest BCUT2D eigenvalue weighted by Crippen LogP contribution is 2.23. The van der Waals surface area contributed by atoms with Gasteiger partial charge in [0.2, 0.25) is 0 Å². The van der Waals surface area contributed by atoms with E-state index >= 15 is 0 Å². The van der Waals surface area contributed by atoms with Gasteiger partial charge < -0.3 is 4.57 Å². The Kier molecular flexibility index (Phi) is 4.06. The molecule has 0 fully saturated rings. The van der Waals surface area contributed by atoms with Gasteiger partial charge in [0.25, 0.3) is 5.91 Å². The summed E-state index contributed by atoms with van der Waals surface area (Å²) in [5.41, 5.74) is 0.999. The molecule has 3 rings (SSSR count). The molecule has 0 saturated carbocycles. The molecule has 0 saturated heterocycles. The van der Waals surface area contributed by atoms with Crippen LogP contribution in [-0.2, 0) is 6.54 Å². The summed E-state index contributed by atoms with van der Waals surface area (Å²) in [6, 6.07) is 11.5. The van der Waals surface area contributed by atoms with Crippen molar-refractivity contribution in [3.05, 3.63) is 49.9 Å². The highest BCUT2D eigenvalue weighted by Gasteiger charge is 2.10. The van der Waals surface area contributed by atoms with Crippen molar-refractivity contribution in [1.29, 1.82) is 0 Å². The maximum absolute atomic E-state index is 12.2. The second kappa shape index (κ2) is 5.98. The molecule has 2 heterocycles. The number of rotatable bonds is 2. The highest BCUT2D eigenvalue weighted by atomic mass is 79.9. The lowest BCUT2D eigenvalue weighted by molar-refractivity contribution is 0.100. The van der Waals surface area contributed by atoms with Crippen molar-refractivity contribution in [2.45, 2.75) is 6.54 Å². The molecule has 0 atom stereocenters. The Bertz CT molecular complexity index is 927. The summed E-state index contributed by atoms with van der Waals surface area (Å²) < 4.78 is 3.86. The monoisotopic (exact) mass is 376 g/mol. The molecule has 6 heteroatoms. The molecule has 0 aliphatic rings. The van der Waals surface area contributed by atoms with Crippen LogP contribution in [0.1, 0.15) is 9.67 Å². The molecule has 104 valence electrons. The van der Waals surface area contributed by atoms with Crippen molar-refractivity contribution < 1.29 is 4.79 Å². The minimum atomic E-state index is -0.247. The average Bonchev–Trinajstić information content (AvgIpc) is 3.04. The molecule has 2 aromatic heterocycles. The number of nitrogens with zero attached hydrogens (tertiary/aromatic N) is 2. The van der Waals surface area contributed by atoms with Crippen LogP contribution in [0.5, 0.6) is 0 Å². The molecule has 3 aromatic rings. The fraction of sp³-hybridized carbons (Fsp3) is 0.0667. The van der Waals surface area contributed by atoms with E-state index in [1.165, 1.54) is 22.7 Å². The van der Waals surface area contributed by atoms with Crippen LogP contribution in [0.4, 0.5) is 0 Å². The van der Waals surface area contributed by atoms with E-state index in [4.69, 9.17) is 6.42 Å². The summed E-state index contributed by atoms with van der Waals surface area (Å²) in [6.07, 6.45) is 5.43. The predicted molar refractivity (Wildman–Crippen MR) is 90.6 cm³/mol. The number of carbonyl (C=O) groups is 1. The first kappa shape index (κ1) is 14.3. The predicted octanol–water partition coefficient (Wildman–Crippen LogP) is 3.90. The lowest BCUT2D eigenvalue weighted by Gasteiger charge is -1.98. The van der Waals surface area contributed by atoms with Crippen LogP contribution in [0.2, 0.25) is 0 Å². The zero-order chi connectivity index (χ0) is 14.8. The number of aromatic nitrogens is 1. The first-order valence-corrected chi connectivity index (χ1v) is 8.48.